The van der Waals surface area contributed by atoms with Crippen molar-refractivity contribution in [3.05, 3.63) is 54.0 Å². The summed E-state index contributed by atoms with van der Waals surface area (Å²) in [6.07, 6.45) is 1.72. The maximum Gasteiger partial charge on any atom is 0.124 e. The average Bonchev–Trinajstić information content (AvgIpc) is 2.97. The molecule has 0 radical (unpaired) electrons. The van der Waals surface area contributed by atoms with Gasteiger partial charge in [-0.15, -0.1) is 11.8 Å². The predicted molar refractivity (Wildman–Crippen MR) is 77.5 cm³/mol. The molecule has 19 heavy (non-hydrogen) atoms. The number of fused-ring (bicyclic) bond motifs is 1. The Hall–Kier alpha value is -1.39. The van der Waals surface area contributed by atoms with Gasteiger partial charge in [0.1, 0.15) is 18.1 Å². The first kappa shape index (κ1) is 12.6. The van der Waals surface area contributed by atoms with Crippen LogP contribution in [-0.2, 0) is 5.75 Å². The van der Waals surface area contributed by atoms with Crippen LogP contribution in [0.5, 0.6) is 5.75 Å². The molecule has 2 aromatic rings. The lowest BCUT2D eigenvalue weighted by molar-refractivity contribution is 0.265. The van der Waals surface area contributed by atoms with Crippen LogP contribution in [0.2, 0.25) is 0 Å². The maximum absolute atomic E-state index is 5.85. The zero-order valence-corrected chi connectivity index (χ0v) is 11.7. The number of hydrogen-bond donors (Lipinski definition) is 1. The Morgan fingerprint density at radius 1 is 1.26 bits per heavy atom. The van der Waals surface area contributed by atoms with Gasteiger partial charge in [-0.25, -0.2) is 0 Å². The molecule has 1 aliphatic heterocycles. The largest absolute Gasteiger partial charge is 0.492 e. The molecule has 1 aromatic carbocycles. The Labute approximate surface area is 117 Å². The molecule has 1 N–H and O–H groups in total. The lowest BCUT2D eigenvalue weighted by atomic mass is 10.0. The highest BCUT2D eigenvalue weighted by molar-refractivity contribution is 7.99. The number of benzene rings is 1. The first-order valence-electron chi connectivity index (χ1n) is 6.41. The Balaban J connectivity index is 1.73. The summed E-state index contributed by atoms with van der Waals surface area (Å²) in [5.41, 5.74) is 1.24. The van der Waals surface area contributed by atoms with Gasteiger partial charge in [-0.3, -0.25) is 0 Å². The van der Waals surface area contributed by atoms with E-state index < -0.39 is 0 Å². The van der Waals surface area contributed by atoms with Crippen molar-refractivity contribution in [2.75, 3.05) is 13.7 Å². The second kappa shape index (κ2) is 5.72. The normalized spacial score (nSPS) is 21.7. The number of nitrogens with one attached hydrogen (secondary N) is 1. The van der Waals surface area contributed by atoms with E-state index in [1.807, 2.05) is 43.1 Å². The van der Waals surface area contributed by atoms with Crippen molar-refractivity contribution in [1.29, 1.82) is 0 Å². The quantitative estimate of drug-likeness (QED) is 0.929. The van der Waals surface area contributed by atoms with Crippen molar-refractivity contribution >= 4 is 11.8 Å². The molecule has 0 bridgehead atoms. The van der Waals surface area contributed by atoms with E-state index in [1.165, 1.54) is 5.56 Å². The second-order valence-electron chi connectivity index (χ2n) is 4.54. The summed E-state index contributed by atoms with van der Waals surface area (Å²) in [4.78, 5) is 0. The summed E-state index contributed by atoms with van der Waals surface area (Å²) in [7, 11) is 2.01. The molecule has 0 spiro atoms. The summed E-state index contributed by atoms with van der Waals surface area (Å²) in [6.45, 7) is 0.730. The fourth-order valence-electron chi connectivity index (χ4n) is 2.41. The van der Waals surface area contributed by atoms with Crippen molar-refractivity contribution in [3.8, 4) is 5.75 Å². The third-order valence-corrected chi connectivity index (χ3v) is 4.65. The van der Waals surface area contributed by atoms with Gasteiger partial charge in [0.15, 0.2) is 0 Å². The fraction of sp³-hybridized carbons (Fsp3) is 0.333. The van der Waals surface area contributed by atoms with Gasteiger partial charge in [0.2, 0.25) is 0 Å². The number of rotatable bonds is 4. The monoisotopic (exact) mass is 275 g/mol. The highest BCUT2D eigenvalue weighted by atomic mass is 32.2. The van der Waals surface area contributed by atoms with Gasteiger partial charge in [-0.05, 0) is 25.2 Å². The number of para-hydroxylation sites is 1. The Morgan fingerprint density at radius 2 is 2.16 bits per heavy atom. The van der Waals surface area contributed by atoms with Crippen LogP contribution in [0.1, 0.15) is 17.4 Å². The van der Waals surface area contributed by atoms with Crippen LogP contribution in [0.3, 0.4) is 0 Å². The van der Waals surface area contributed by atoms with E-state index in [0.29, 0.717) is 11.3 Å². The lowest BCUT2D eigenvalue weighted by Gasteiger charge is -2.32. The molecule has 4 heteroatoms. The molecule has 0 saturated carbocycles. The van der Waals surface area contributed by atoms with Crippen molar-refractivity contribution in [2.24, 2.45) is 0 Å². The van der Waals surface area contributed by atoms with Gasteiger partial charge in [0.05, 0.1) is 23.3 Å². The van der Waals surface area contributed by atoms with Crippen LogP contribution in [0.25, 0.3) is 0 Å². The van der Waals surface area contributed by atoms with E-state index >= 15 is 0 Å². The molecule has 0 fully saturated rings. The minimum absolute atomic E-state index is 0.324. The molecule has 1 aliphatic rings. The Bertz CT molecular complexity index is 527. The molecule has 2 unspecified atom stereocenters. The predicted octanol–water partition coefficient (Wildman–Crippen LogP) is 3.23. The summed E-state index contributed by atoms with van der Waals surface area (Å²) in [6, 6.07) is 12.5. The van der Waals surface area contributed by atoms with E-state index in [9.17, 15) is 0 Å². The molecule has 0 aliphatic carbocycles. The number of ether oxygens (including phenoxy) is 1. The molecule has 100 valence electrons. The zero-order chi connectivity index (χ0) is 13.1. The summed E-state index contributed by atoms with van der Waals surface area (Å²) >= 11 is 1.87. The second-order valence-corrected chi connectivity index (χ2v) is 5.77. The standard InChI is InChI=1S/C15H17NO2S/c1-16-15-12-6-2-3-7-13(12)18-9-14(15)19-10-11-5-4-8-17-11/h2-8,14-16H,9-10H2,1H3. The summed E-state index contributed by atoms with van der Waals surface area (Å²) in [5.74, 6) is 2.89. The Kier molecular flexibility index (Phi) is 3.80. The molecule has 2 atom stereocenters. The highest BCUT2D eigenvalue weighted by Gasteiger charge is 2.30. The van der Waals surface area contributed by atoms with Crippen molar-refractivity contribution in [3.63, 3.8) is 0 Å². The first-order valence-corrected chi connectivity index (χ1v) is 7.46. The minimum Gasteiger partial charge on any atom is -0.492 e. The van der Waals surface area contributed by atoms with Crippen LogP contribution >= 0.6 is 11.8 Å². The van der Waals surface area contributed by atoms with Gasteiger partial charge >= 0.3 is 0 Å². The fourth-order valence-corrected chi connectivity index (χ4v) is 3.59. The van der Waals surface area contributed by atoms with Crippen molar-refractivity contribution in [1.82, 2.24) is 5.32 Å². The van der Waals surface area contributed by atoms with Gasteiger partial charge in [0.25, 0.3) is 0 Å². The third-order valence-electron chi connectivity index (χ3n) is 3.36. The van der Waals surface area contributed by atoms with E-state index in [1.54, 1.807) is 6.26 Å². The lowest BCUT2D eigenvalue weighted by Crippen LogP contribution is -2.35. The molecule has 1 aromatic heterocycles. The van der Waals surface area contributed by atoms with E-state index in [0.717, 1.165) is 23.9 Å². The van der Waals surface area contributed by atoms with Gasteiger partial charge in [-0.1, -0.05) is 18.2 Å². The molecule has 2 heterocycles. The summed E-state index contributed by atoms with van der Waals surface area (Å²) in [5, 5.41) is 3.80. The average molecular weight is 275 g/mol. The molecular weight excluding hydrogens is 258 g/mol. The smallest absolute Gasteiger partial charge is 0.124 e. The van der Waals surface area contributed by atoms with Crippen molar-refractivity contribution in [2.45, 2.75) is 17.0 Å². The minimum atomic E-state index is 0.324. The number of hydrogen-bond acceptors (Lipinski definition) is 4. The van der Waals surface area contributed by atoms with E-state index in [-0.39, 0.29) is 0 Å². The van der Waals surface area contributed by atoms with Crippen LogP contribution in [-0.4, -0.2) is 18.9 Å². The van der Waals surface area contributed by atoms with Crippen LogP contribution < -0.4 is 10.1 Å². The molecule has 0 saturated heterocycles. The molecular formula is C15H17NO2S. The Morgan fingerprint density at radius 3 is 2.95 bits per heavy atom. The third kappa shape index (κ3) is 2.65. The van der Waals surface area contributed by atoms with E-state index in [4.69, 9.17) is 9.15 Å². The first-order chi connectivity index (χ1) is 9.38. The molecule has 0 amide bonds. The van der Waals surface area contributed by atoms with Crippen LogP contribution in [0, 0.1) is 0 Å². The topological polar surface area (TPSA) is 34.4 Å². The van der Waals surface area contributed by atoms with Gasteiger partial charge in [0, 0.05) is 5.56 Å². The van der Waals surface area contributed by atoms with Gasteiger partial charge < -0.3 is 14.5 Å². The summed E-state index contributed by atoms with van der Waals surface area (Å²) < 4.78 is 11.2. The highest BCUT2D eigenvalue weighted by Crippen LogP contribution is 2.37. The van der Waals surface area contributed by atoms with Gasteiger partial charge in [-0.2, -0.15) is 0 Å². The zero-order valence-electron chi connectivity index (χ0n) is 10.8. The molecule has 3 nitrogen and oxygen atoms in total. The van der Waals surface area contributed by atoms with Crippen LogP contribution in [0.15, 0.2) is 47.1 Å². The number of thioether (sulfide) groups is 1. The SMILES string of the molecule is CNC1c2ccccc2OCC1SCc1ccco1. The van der Waals surface area contributed by atoms with Crippen LogP contribution in [0.4, 0.5) is 0 Å². The molecule has 3 rings (SSSR count). The maximum atomic E-state index is 5.85. The number of furan rings is 1. The van der Waals surface area contributed by atoms with E-state index in [2.05, 4.69) is 17.4 Å². The van der Waals surface area contributed by atoms with Crippen molar-refractivity contribution < 1.29 is 9.15 Å².